The highest BCUT2D eigenvalue weighted by atomic mass is 31.2. The molecule has 120 valence electrons. The Hall–Kier alpha value is -1.21. The van der Waals surface area contributed by atoms with Crippen molar-refractivity contribution in [3.8, 4) is 0 Å². The van der Waals surface area contributed by atoms with Gasteiger partial charge in [0.05, 0.1) is 18.5 Å². The van der Waals surface area contributed by atoms with Crippen molar-refractivity contribution in [2.24, 2.45) is 0 Å². The molecule has 0 amide bonds. The van der Waals surface area contributed by atoms with E-state index in [0.717, 1.165) is 0 Å². The van der Waals surface area contributed by atoms with Crippen LogP contribution in [0.25, 0.3) is 0 Å². The Morgan fingerprint density at radius 1 is 1.38 bits per heavy atom. The monoisotopic (exact) mass is 319 g/mol. The van der Waals surface area contributed by atoms with Gasteiger partial charge in [-0.05, 0) is 27.7 Å². The first kappa shape index (κ1) is 17.8. The summed E-state index contributed by atoms with van der Waals surface area (Å²) in [5.41, 5.74) is 0.607. The number of aromatic amines is 1. The second-order valence-electron chi connectivity index (χ2n) is 5.11. The van der Waals surface area contributed by atoms with E-state index < -0.39 is 19.8 Å². The molecule has 0 aliphatic rings. The minimum atomic E-state index is -3.73. The number of carboxylic acid groups (broad SMARTS) is 1. The zero-order valence-electron chi connectivity index (χ0n) is 12.6. The first-order valence-corrected chi connectivity index (χ1v) is 8.21. The third-order valence-corrected chi connectivity index (χ3v) is 4.32. The van der Waals surface area contributed by atoms with E-state index in [-0.39, 0.29) is 18.6 Å². The number of carbonyl (C=O) groups is 1. The number of nitrogens with zero attached hydrogens (tertiary/aromatic N) is 1. The summed E-state index contributed by atoms with van der Waals surface area (Å²) in [4.78, 5) is 18.0. The second kappa shape index (κ2) is 7.70. The standard InChI is InChI=1S/C12H22N3O5P/c1-8(2)19-21(18,20-9(3)4)15-11(12(16)17)5-10-6-13-7-14-10/h6-9,11H,5H2,1-4H3,(H,13,14)(H,15,18)(H,16,17)/t11-/m0/s1. The summed E-state index contributed by atoms with van der Waals surface area (Å²) >= 11 is 0. The number of rotatable bonds is 9. The molecule has 1 rings (SSSR count). The molecule has 3 N–H and O–H groups in total. The van der Waals surface area contributed by atoms with Crippen molar-refractivity contribution in [3.63, 3.8) is 0 Å². The van der Waals surface area contributed by atoms with Crippen LogP contribution < -0.4 is 5.09 Å². The lowest BCUT2D eigenvalue weighted by Crippen LogP contribution is -2.38. The third-order valence-electron chi connectivity index (χ3n) is 2.29. The molecule has 0 spiro atoms. The van der Waals surface area contributed by atoms with Gasteiger partial charge < -0.3 is 10.1 Å². The van der Waals surface area contributed by atoms with Crippen molar-refractivity contribution >= 4 is 13.7 Å². The Morgan fingerprint density at radius 2 is 1.95 bits per heavy atom. The molecule has 1 atom stereocenters. The molecular formula is C12H22N3O5P. The maximum absolute atomic E-state index is 12.6. The van der Waals surface area contributed by atoms with Crippen molar-refractivity contribution < 1.29 is 23.5 Å². The van der Waals surface area contributed by atoms with Crippen LogP contribution in [0.2, 0.25) is 0 Å². The summed E-state index contributed by atoms with van der Waals surface area (Å²) < 4.78 is 23.2. The van der Waals surface area contributed by atoms with Gasteiger partial charge in [0.2, 0.25) is 0 Å². The number of imidazole rings is 1. The Kier molecular flexibility index (Phi) is 6.54. The van der Waals surface area contributed by atoms with E-state index in [1.165, 1.54) is 12.5 Å². The Labute approximate surface area is 123 Å². The average molecular weight is 319 g/mol. The number of hydrogen-bond acceptors (Lipinski definition) is 5. The van der Waals surface area contributed by atoms with Gasteiger partial charge in [0.1, 0.15) is 6.04 Å². The van der Waals surface area contributed by atoms with Crippen LogP contribution in [0.3, 0.4) is 0 Å². The molecule has 1 aromatic rings. The van der Waals surface area contributed by atoms with Crippen LogP contribution >= 0.6 is 7.75 Å². The highest BCUT2D eigenvalue weighted by Crippen LogP contribution is 2.46. The predicted molar refractivity (Wildman–Crippen MR) is 76.9 cm³/mol. The number of carboxylic acids is 1. The van der Waals surface area contributed by atoms with Crippen molar-refractivity contribution in [1.82, 2.24) is 15.1 Å². The first-order chi connectivity index (χ1) is 9.72. The van der Waals surface area contributed by atoms with Gasteiger partial charge in [0.15, 0.2) is 0 Å². The van der Waals surface area contributed by atoms with Crippen LogP contribution in [-0.4, -0.2) is 39.3 Å². The van der Waals surface area contributed by atoms with Gasteiger partial charge in [0, 0.05) is 18.3 Å². The van der Waals surface area contributed by atoms with Crippen molar-refractivity contribution in [2.45, 2.75) is 52.4 Å². The number of nitrogens with one attached hydrogen (secondary N) is 2. The van der Waals surface area contributed by atoms with Gasteiger partial charge in [-0.3, -0.25) is 13.8 Å². The minimum absolute atomic E-state index is 0.0855. The molecule has 9 heteroatoms. The lowest BCUT2D eigenvalue weighted by atomic mass is 10.2. The average Bonchev–Trinajstić information content (AvgIpc) is 2.77. The van der Waals surface area contributed by atoms with Crippen LogP contribution in [0.1, 0.15) is 33.4 Å². The fourth-order valence-electron chi connectivity index (χ4n) is 1.64. The van der Waals surface area contributed by atoms with E-state index in [2.05, 4.69) is 15.1 Å². The van der Waals surface area contributed by atoms with Crippen LogP contribution in [0.15, 0.2) is 12.5 Å². The Morgan fingerprint density at radius 3 is 2.33 bits per heavy atom. The molecule has 0 aromatic carbocycles. The van der Waals surface area contributed by atoms with Crippen molar-refractivity contribution in [2.75, 3.05) is 0 Å². The molecule has 0 fully saturated rings. The Bertz CT molecular complexity index is 475. The topological polar surface area (TPSA) is 114 Å². The summed E-state index contributed by atoms with van der Waals surface area (Å²) in [6, 6.07) is -1.12. The largest absolute Gasteiger partial charge is 0.480 e. The van der Waals surface area contributed by atoms with Crippen molar-refractivity contribution in [3.05, 3.63) is 18.2 Å². The van der Waals surface area contributed by atoms with E-state index >= 15 is 0 Å². The third kappa shape index (κ3) is 6.39. The minimum Gasteiger partial charge on any atom is -0.480 e. The highest BCUT2D eigenvalue weighted by Gasteiger charge is 2.34. The van der Waals surface area contributed by atoms with E-state index in [0.29, 0.717) is 5.69 Å². The fraction of sp³-hybridized carbons (Fsp3) is 0.667. The molecule has 21 heavy (non-hydrogen) atoms. The molecule has 8 nitrogen and oxygen atoms in total. The summed E-state index contributed by atoms with van der Waals surface area (Å²) in [5, 5.41) is 11.8. The second-order valence-corrected chi connectivity index (χ2v) is 6.78. The van der Waals surface area contributed by atoms with Crippen LogP contribution in [0.4, 0.5) is 0 Å². The van der Waals surface area contributed by atoms with Gasteiger partial charge in [-0.2, -0.15) is 0 Å². The number of aromatic nitrogens is 2. The van der Waals surface area contributed by atoms with Gasteiger partial charge in [0.25, 0.3) is 0 Å². The van der Waals surface area contributed by atoms with E-state index in [1.54, 1.807) is 27.7 Å². The maximum atomic E-state index is 12.6. The number of aliphatic carboxylic acids is 1. The zero-order valence-corrected chi connectivity index (χ0v) is 13.5. The molecular weight excluding hydrogens is 297 g/mol. The molecule has 0 aliphatic carbocycles. The molecule has 0 saturated heterocycles. The van der Waals surface area contributed by atoms with Crippen LogP contribution in [0.5, 0.6) is 0 Å². The zero-order chi connectivity index (χ0) is 16.0. The number of hydrogen-bond donors (Lipinski definition) is 3. The van der Waals surface area contributed by atoms with Crippen LogP contribution in [0, 0.1) is 0 Å². The van der Waals surface area contributed by atoms with Crippen molar-refractivity contribution in [1.29, 1.82) is 0 Å². The smallest absolute Gasteiger partial charge is 0.406 e. The fourth-order valence-corrected chi connectivity index (χ4v) is 3.50. The SMILES string of the molecule is CC(C)OP(=O)(N[C@@H](Cc1cnc[nH]1)C(=O)O)OC(C)C. The summed E-state index contributed by atoms with van der Waals surface area (Å²) in [6.45, 7) is 6.79. The summed E-state index contributed by atoms with van der Waals surface area (Å²) in [5.74, 6) is -1.15. The van der Waals surface area contributed by atoms with Gasteiger partial charge in [-0.1, -0.05) is 0 Å². The van der Waals surface area contributed by atoms with Gasteiger partial charge >= 0.3 is 13.7 Å². The molecule has 0 unspecified atom stereocenters. The molecule has 1 aromatic heterocycles. The molecule has 1 heterocycles. The van der Waals surface area contributed by atoms with E-state index in [9.17, 15) is 14.5 Å². The summed E-state index contributed by atoms with van der Waals surface area (Å²) in [7, 11) is -3.73. The van der Waals surface area contributed by atoms with Crippen LogP contribution in [-0.2, 0) is 24.8 Å². The van der Waals surface area contributed by atoms with Gasteiger partial charge in [-0.15, -0.1) is 0 Å². The predicted octanol–water partition coefficient (Wildman–Crippen LogP) is 1.95. The normalized spacial score (nSPS) is 13.8. The lowest BCUT2D eigenvalue weighted by Gasteiger charge is -2.25. The summed E-state index contributed by atoms with van der Waals surface area (Å²) in [6.07, 6.45) is 2.30. The Balaban J connectivity index is 2.85. The van der Waals surface area contributed by atoms with Gasteiger partial charge in [-0.25, -0.2) is 14.6 Å². The maximum Gasteiger partial charge on any atom is 0.406 e. The lowest BCUT2D eigenvalue weighted by molar-refractivity contribution is -0.139. The molecule has 0 saturated carbocycles. The first-order valence-electron chi connectivity index (χ1n) is 6.66. The molecule has 0 bridgehead atoms. The molecule has 0 radical (unpaired) electrons. The van der Waals surface area contributed by atoms with E-state index in [1.807, 2.05) is 0 Å². The quantitative estimate of drug-likeness (QED) is 0.596. The highest BCUT2D eigenvalue weighted by molar-refractivity contribution is 7.51. The number of H-pyrrole nitrogens is 1. The van der Waals surface area contributed by atoms with E-state index in [4.69, 9.17) is 9.05 Å². The molecule has 0 aliphatic heterocycles.